The third-order valence-corrected chi connectivity index (χ3v) is 4.04. The van der Waals surface area contributed by atoms with E-state index in [4.69, 9.17) is 5.11 Å². The number of amides is 1. The van der Waals surface area contributed by atoms with E-state index in [2.05, 4.69) is 17.4 Å². The highest BCUT2D eigenvalue weighted by Gasteiger charge is 2.02. The fourth-order valence-electron chi connectivity index (χ4n) is 1.85. The van der Waals surface area contributed by atoms with Crippen molar-refractivity contribution in [2.24, 2.45) is 0 Å². The molecule has 4 heteroatoms. The van der Waals surface area contributed by atoms with Gasteiger partial charge in [0.25, 0.3) is 0 Å². The summed E-state index contributed by atoms with van der Waals surface area (Å²) in [5.74, 6) is 1.35. The van der Waals surface area contributed by atoms with Gasteiger partial charge in [-0.05, 0) is 16.7 Å². The molecule has 0 bridgehead atoms. The van der Waals surface area contributed by atoms with Crippen LogP contribution in [0.5, 0.6) is 0 Å². The second kappa shape index (κ2) is 8.49. The summed E-state index contributed by atoms with van der Waals surface area (Å²) >= 11 is 1.61. The van der Waals surface area contributed by atoms with Crippen LogP contribution in [0.3, 0.4) is 0 Å². The molecule has 2 aromatic carbocycles. The molecule has 0 aliphatic rings. The van der Waals surface area contributed by atoms with Crippen molar-refractivity contribution in [3.05, 3.63) is 71.3 Å². The van der Waals surface area contributed by atoms with E-state index < -0.39 is 0 Å². The zero-order valence-electron chi connectivity index (χ0n) is 11.8. The standard InChI is InChI=1S/C17H19NO2S/c19-11-15-8-6-14(7-9-15)10-18-17(20)13-21-12-16-4-2-1-3-5-16/h1-9,19H,10-13H2,(H,18,20). The van der Waals surface area contributed by atoms with Crippen molar-refractivity contribution in [2.45, 2.75) is 18.9 Å². The number of rotatable bonds is 7. The smallest absolute Gasteiger partial charge is 0.230 e. The first-order valence-electron chi connectivity index (χ1n) is 6.85. The van der Waals surface area contributed by atoms with Crippen LogP contribution >= 0.6 is 11.8 Å². The van der Waals surface area contributed by atoms with Gasteiger partial charge in [-0.1, -0.05) is 54.6 Å². The summed E-state index contributed by atoms with van der Waals surface area (Å²) in [5.41, 5.74) is 3.15. The second-order valence-corrected chi connectivity index (χ2v) is 5.72. The zero-order valence-corrected chi connectivity index (χ0v) is 12.6. The quantitative estimate of drug-likeness (QED) is 0.827. The van der Waals surface area contributed by atoms with Crippen molar-refractivity contribution in [3.8, 4) is 0 Å². The lowest BCUT2D eigenvalue weighted by atomic mass is 10.1. The summed E-state index contributed by atoms with van der Waals surface area (Å²) in [4.78, 5) is 11.8. The summed E-state index contributed by atoms with van der Waals surface area (Å²) in [5, 5.41) is 11.9. The van der Waals surface area contributed by atoms with Crippen molar-refractivity contribution in [3.63, 3.8) is 0 Å². The highest BCUT2D eigenvalue weighted by molar-refractivity contribution is 7.99. The van der Waals surface area contributed by atoms with Crippen LogP contribution in [0.2, 0.25) is 0 Å². The number of hydrogen-bond donors (Lipinski definition) is 2. The average Bonchev–Trinajstić information content (AvgIpc) is 2.54. The number of aliphatic hydroxyl groups is 1. The molecule has 0 saturated heterocycles. The Morgan fingerprint density at radius 2 is 1.62 bits per heavy atom. The topological polar surface area (TPSA) is 49.3 Å². The van der Waals surface area contributed by atoms with Crippen LogP contribution in [0.1, 0.15) is 16.7 Å². The zero-order chi connectivity index (χ0) is 14.9. The maximum absolute atomic E-state index is 11.8. The molecule has 0 aliphatic heterocycles. The van der Waals surface area contributed by atoms with Crippen LogP contribution in [-0.2, 0) is 23.7 Å². The van der Waals surface area contributed by atoms with E-state index in [9.17, 15) is 4.79 Å². The van der Waals surface area contributed by atoms with Crippen LogP contribution in [-0.4, -0.2) is 16.8 Å². The summed E-state index contributed by atoms with van der Waals surface area (Å²) < 4.78 is 0. The minimum absolute atomic E-state index is 0.0437. The molecule has 0 aromatic heterocycles. The number of thioether (sulfide) groups is 1. The highest BCUT2D eigenvalue weighted by Crippen LogP contribution is 2.11. The predicted octanol–water partition coefficient (Wildman–Crippen LogP) is 2.73. The normalized spacial score (nSPS) is 10.3. The van der Waals surface area contributed by atoms with Gasteiger partial charge in [0.2, 0.25) is 5.91 Å². The van der Waals surface area contributed by atoms with Crippen LogP contribution < -0.4 is 5.32 Å². The largest absolute Gasteiger partial charge is 0.392 e. The molecule has 2 rings (SSSR count). The Kier molecular flexibility index (Phi) is 6.31. The third-order valence-electron chi connectivity index (χ3n) is 3.04. The van der Waals surface area contributed by atoms with Crippen LogP contribution in [0.25, 0.3) is 0 Å². The van der Waals surface area contributed by atoms with E-state index in [1.807, 2.05) is 42.5 Å². The summed E-state index contributed by atoms with van der Waals surface area (Å²) in [6, 6.07) is 17.7. The fourth-order valence-corrected chi connectivity index (χ4v) is 2.67. The van der Waals surface area contributed by atoms with E-state index in [1.165, 1.54) is 5.56 Å². The third kappa shape index (κ3) is 5.61. The number of hydrogen-bond acceptors (Lipinski definition) is 3. The van der Waals surface area contributed by atoms with Gasteiger partial charge in [0.05, 0.1) is 12.4 Å². The number of carbonyl (C=O) groups excluding carboxylic acids is 1. The Morgan fingerprint density at radius 1 is 0.952 bits per heavy atom. The van der Waals surface area contributed by atoms with E-state index in [1.54, 1.807) is 11.8 Å². The molecular formula is C17H19NO2S. The van der Waals surface area contributed by atoms with E-state index in [-0.39, 0.29) is 12.5 Å². The van der Waals surface area contributed by atoms with Crippen LogP contribution in [0.15, 0.2) is 54.6 Å². The van der Waals surface area contributed by atoms with Gasteiger partial charge < -0.3 is 10.4 Å². The molecule has 0 unspecified atom stereocenters. The van der Waals surface area contributed by atoms with Crippen LogP contribution in [0.4, 0.5) is 0 Å². The Hall–Kier alpha value is -1.78. The van der Waals surface area contributed by atoms with Gasteiger partial charge in [0, 0.05) is 12.3 Å². The van der Waals surface area contributed by atoms with Gasteiger partial charge in [0.1, 0.15) is 0 Å². The van der Waals surface area contributed by atoms with E-state index >= 15 is 0 Å². The van der Waals surface area contributed by atoms with Crippen molar-refractivity contribution in [1.82, 2.24) is 5.32 Å². The Labute approximate surface area is 129 Å². The molecule has 2 aromatic rings. The lowest BCUT2D eigenvalue weighted by Gasteiger charge is -2.06. The van der Waals surface area contributed by atoms with Gasteiger partial charge in [-0.3, -0.25) is 4.79 Å². The second-order valence-electron chi connectivity index (χ2n) is 4.73. The SMILES string of the molecule is O=C(CSCc1ccccc1)NCc1ccc(CO)cc1. The summed E-state index contributed by atoms with van der Waals surface area (Å²) in [6.45, 7) is 0.569. The van der Waals surface area contributed by atoms with Crippen molar-refractivity contribution in [2.75, 3.05) is 5.75 Å². The molecule has 0 fully saturated rings. The van der Waals surface area contributed by atoms with E-state index in [0.29, 0.717) is 12.3 Å². The van der Waals surface area contributed by atoms with Gasteiger partial charge in [-0.15, -0.1) is 11.8 Å². The molecular weight excluding hydrogens is 282 g/mol. The number of benzene rings is 2. The average molecular weight is 301 g/mol. The minimum Gasteiger partial charge on any atom is -0.392 e. The van der Waals surface area contributed by atoms with Crippen molar-refractivity contribution >= 4 is 17.7 Å². The molecule has 3 nitrogen and oxygen atoms in total. The van der Waals surface area contributed by atoms with Gasteiger partial charge in [-0.25, -0.2) is 0 Å². The molecule has 2 N–H and O–H groups in total. The molecule has 1 amide bonds. The van der Waals surface area contributed by atoms with Crippen molar-refractivity contribution in [1.29, 1.82) is 0 Å². The molecule has 0 saturated carbocycles. The van der Waals surface area contributed by atoms with Gasteiger partial charge >= 0.3 is 0 Å². The fraction of sp³-hybridized carbons (Fsp3) is 0.235. The van der Waals surface area contributed by atoms with Gasteiger partial charge in [0.15, 0.2) is 0 Å². The van der Waals surface area contributed by atoms with Crippen molar-refractivity contribution < 1.29 is 9.90 Å². The van der Waals surface area contributed by atoms with Gasteiger partial charge in [-0.2, -0.15) is 0 Å². The molecule has 110 valence electrons. The summed E-state index contributed by atoms with van der Waals surface area (Å²) in [6.07, 6.45) is 0. The Balaban J connectivity index is 1.67. The van der Waals surface area contributed by atoms with Crippen LogP contribution in [0, 0.1) is 0 Å². The number of nitrogens with one attached hydrogen (secondary N) is 1. The maximum atomic E-state index is 11.8. The predicted molar refractivity (Wildman–Crippen MR) is 86.8 cm³/mol. The molecule has 0 spiro atoms. The maximum Gasteiger partial charge on any atom is 0.230 e. The number of carbonyl (C=O) groups is 1. The highest BCUT2D eigenvalue weighted by atomic mass is 32.2. The first kappa shape index (κ1) is 15.6. The molecule has 0 aliphatic carbocycles. The lowest BCUT2D eigenvalue weighted by molar-refractivity contribution is -0.118. The first-order chi connectivity index (χ1) is 10.3. The van der Waals surface area contributed by atoms with E-state index in [0.717, 1.165) is 16.9 Å². The molecule has 21 heavy (non-hydrogen) atoms. The number of aliphatic hydroxyl groups excluding tert-OH is 1. The molecule has 0 heterocycles. The Morgan fingerprint density at radius 3 is 2.29 bits per heavy atom. The Bertz CT molecular complexity index is 555. The lowest BCUT2D eigenvalue weighted by Crippen LogP contribution is -2.24. The summed E-state index contributed by atoms with van der Waals surface area (Å²) in [7, 11) is 0. The molecule has 0 atom stereocenters. The molecule has 0 radical (unpaired) electrons. The minimum atomic E-state index is 0.0437. The monoisotopic (exact) mass is 301 g/mol. The first-order valence-corrected chi connectivity index (χ1v) is 8.00.